The van der Waals surface area contributed by atoms with Gasteiger partial charge in [0.2, 0.25) is 5.89 Å². The van der Waals surface area contributed by atoms with E-state index in [0.29, 0.717) is 18.3 Å². The number of carbonyl (C=O) groups is 1. The normalized spacial score (nSPS) is 12.7. The molecule has 0 saturated heterocycles. The molecule has 6 nitrogen and oxygen atoms in total. The molecule has 0 amide bonds. The zero-order valence-corrected chi connectivity index (χ0v) is 12.3. The lowest BCUT2D eigenvalue weighted by atomic mass is 9.74. The van der Waals surface area contributed by atoms with Crippen LogP contribution in [0.2, 0.25) is 0 Å². The van der Waals surface area contributed by atoms with E-state index < -0.39 is 16.9 Å². The minimum absolute atomic E-state index is 0.386. The molecule has 1 aromatic rings. The Bertz CT molecular complexity index is 438. The van der Waals surface area contributed by atoms with Crippen LogP contribution in [0.5, 0.6) is 0 Å². The summed E-state index contributed by atoms with van der Waals surface area (Å²) < 4.78 is 5.09. The average molecular weight is 269 g/mol. The summed E-state index contributed by atoms with van der Waals surface area (Å²) in [6, 6.07) is 0. The van der Waals surface area contributed by atoms with Gasteiger partial charge in [-0.05, 0) is 34.1 Å². The maximum absolute atomic E-state index is 11.3. The summed E-state index contributed by atoms with van der Waals surface area (Å²) in [5, 5.41) is 16.3. The molecule has 108 valence electrons. The highest BCUT2D eigenvalue weighted by Crippen LogP contribution is 2.30. The molecule has 6 heteroatoms. The van der Waals surface area contributed by atoms with Crippen molar-refractivity contribution in [3.05, 3.63) is 11.7 Å². The van der Waals surface area contributed by atoms with Crippen LogP contribution in [-0.2, 0) is 17.8 Å². The molecule has 0 atom stereocenters. The summed E-state index contributed by atoms with van der Waals surface area (Å²) >= 11 is 0. The van der Waals surface area contributed by atoms with Gasteiger partial charge in [0.1, 0.15) is 0 Å². The molecular weight excluding hydrogens is 246 g/mol. The topological polar surface area (TPSA) is 88.2 Å². The van der Waals surface area contributed by atoms with Crippen LogP contribution in [0.4, 0.5) is 0 Å². The quantitative estimate of drug-likeness (QED) is 0.787. The Kier molecular flexibility index (Phi) is 4.68. The van der Waals surface area contributed by atoms with Crippen molar-refractivity contribution in [1.82, 2.24) is 15.5 Å². The molecule has 1 rings (SSSR count). The summed E-state index contributed by atoms with van der Waals surface area (Å²) in [6.07, 6.45) is 1.71. The SMILES string of the molecule is CCCc1nc(CNC(C)(C)C(C)(C)C(=O)O)no1. The maximum Gasteiger partial charge on any atom is 0.310 e. The standard InChI is InChI=1S/C13H23N3O3/c1-6-7-10-15-9(16-19-10)8-14-13(4,5)12(2,3)11(17)18/h14H,6-8H2,1-5H3,(H,17,18). The smallest absolute Gasteiger partial charge is 0.310 e. The molecule has 0 aliphatic rings. The van der Waals surface area contributed by atoms with Gasteiger partial charge in [-0.15, -0.1) is 0 Å². The molecule has 0 spiro atoms. The monoisotopic (exact) mass is 269 g/mol. The Morgan fingerprint density at radius 2 is 2.00 bits per heavy atom. The molecule has 0 fully saturated rings. The number of hydrogen-bond acceptors (Lipinski definition) is 5. The van der Waals surface area contributed by atoms with Crippen molar-refractivity contribution in [2.24, 2.45) is 5.41 Å². The number of aromatic nitrogens is 2. The van der Waals surface area contributed by atoms with Crippen LogP contribution in [0.3, 0.4) is 0 Å². The highest BCUT2D eigenvalue weighted by atomic mass is 16.5. The molecule has 0 radical (unpaired) electrons. The van der Waals surface area contributed by atoms with E-state index in [4.69, 9.17) is 4.52 Å². The second-order valence-electron chi connectivity index (χ2n) is 5.76. The number of carboxylic acid groups (broad SMARTS) is 1. The van der Waals surface area contributed by atoms with Gasteiger partial charge in [0, 0.05) is 12.0 Å². The van der Waals surface area contributed by atoms with Crippen molar-refractivity contribution in [3.8, 4) is 0 Å². The van der Waals surface area contributed by atoms with Gasteiger partial charge in [-0.3, -0.25) is 4.79 Å². The second kappa shape index (κ2) is 5.69. The van der Waals surface area contributed by atoms with E-state index in [1.807, 2.05) is 20.8 Å². The summed E-state index contributed by atoms with van der Waals surface area (Å²) in [7, 11) is 0. The third-order valence-corrected chi connectivity index (χ3v) is 3.76. The lowest BCUT2D eigenvalue weighted by molar-refractivity contribution is -0.151. The van der Waals surface area contributed by atoms with Gasteiger partial charge in [0.05, 0.1) is 12.0 Å². The van der Waals surface area contributed by atoms with E-state index in [9.17, 15) is 9.90 Å². The summed E-state index contributed by atoms with van der Waals surface area (Å²) in [5.41, 5.74) is -1.49. The van der Waals surface area contributed by atoms with Crippen molar-refractivity contribution < 1.29 is 14.4 Å². The Labute approximate surface area is 113 Å². The summed E-state index contributed by atoms with van der Waals surface area (Å²) in [5.74, 6) is 0.331. The van der Waals surface area contributed by atoms with Gasteiger partial charge < -0.3 is 14.9 Å². The van der Waals surface area contributed by atoms with E-state index >= 15 is 0 Å². The zero-order chi connectivity index (χ0) is 14.7. The highest BCUT2D eigenvalue weighted by molar-refractivity contribution is 5.75. The minimum Gasteiger partial charge on any atom is -0.481 e. The molecule has 1 aromatic heterocycles. The van der Waals surface area contributed by atoms with Crippen LogP contribution in [0.1, 0.15) is 52.8 Å². The van der Waals surface area contributed by atoms with Crippen LogP contribution in [-0.4, -0.2) is 26.8 Å². The van der Waals surface area contributed by atoms with Crippen molar-refractivity contribution in [3.63, 3.8) is 0 Å². The van der Waals surface area contributed by atoms with E-state index in [1.165, 1.54) is 0 Å². The summed E-state index contributed by atoms with van der Waals surface area (Å²) in [4.78, 5) is 15.5. The Morgan fingerprint density at radius 3 is 2.53 bits per heavy atom. The minimum atomic E-state index is -0.900. The van der Waals surface area contributed by atoms with E-state index in [2.05, 4.69) is 15.5 Å². The first-order valence-electron chi connectivity index (χ1n) is 6.50. The fourth-order valence-corrected chi connectivity index (χ4v) is 1.47. The molecule has 19 heavy (non-hydrogen) atoms. The average Bonchev–Trinajstić information content (AvgIpc) is 2.74. The van der Waals surface area contributed by atoms with Gasteiger partial charge in [-0.1, -0.05) is 12.1 Å². The van der Waals surface area contributed by atoms with Crippen molar-refractivity contribution in [2.45, 2.75) is 59.5 Å². The van der Waals surface area contributed by atoms with Gasteiger partial charge >= 0.3 is 5.97 Å². The largest absolute Gasteiger partial charge is 0.481 e. The molecule has 0 aromatic carbocycles. The van der Waals surface area contributed by atoms with Crippen LogP contribution in [0, 0.1) is 5.41 Å². The number of hydrogen-bond donors (Lipinski definition) is 2. The molecule has 0 aliphatic carbocycles. The molecule has 1 heterocycles. The predicted molar refractivity (Wildman–Crippen MR) is 70.6 cm³/mol. The fourth-order valence-electron chi connectivity index (χ4n) is 1.47. The van der Waals surface area contributed by atoms with Gasteiger partial charge in [-0.25, -0.2) is 0 Å². The molecule has 0 saturated carbocycles. The van der Waals surface area contributed by atoms with Crippen molar-refractivity contribution >= 4 is 5.97 Å². The van der Waals surface area contributed by atoms with Crippen molar-refractivity contribution in [1.29, 1.82) is 0 Å². The maximum atomic E-state index is 11.3. The van der Waals surface area contributed by atoms with Crippen LogP contribution in [0.15, 0.2) is 4.52 Å². The number of rotatable bonds is 7. The first-order valence-corrected chi connectivity index (χ1v) is 6.50. The Morgan fingerprint density at radius 1 is 1.37 bits per heavy atom. The molecule has 0 unspecified atom stereocenters. The molecular formula is C13H23N3O3. The molecule has 0 bridgehead atoms. The highest BCUT2D eigenvalue weighted by Gasteiger charge is 2.43. The third-order valence-electron chi connectivity index (χ3n) is 3.76. The van der Waals surface area contributed by atoms with E-state index in [0.717, 1.165) is 12.8 Å². The first-order chi connectivity index (χ1) is 8.70. The number of nitrogens with one attached hydrogen (secondary N) is 1. The number of aliphatic carboxylic acids is 1. The second-order valence-corrected chi connectivity index (χ2v) is 5.76. The zero-order valence-electron chi connectivity index (χ0n) is 12.3. The lowest BCUT2D eigenvalue weighted by Gasteiger charge is -2.38. The summed E-state index contributed by atoms with van der Waals surface area (Å²) in [6.45, 7) is 9.53. The van der Waals surface area contributed by atoms with E-state index in [1.54, 1.807) is 13.8 Å². The molecule has 0 aliphatic heterocycles. The fraction of sp³-hybridized carbons (Fsp3) is 0.769. The van der Waals surface area contributed by atoms with Crippen LogP contribution in [0.25, 0.3) is 0 Å². The number of carboxylic acids is 1. The molecule has 2 N–H and O–H groups in total. The van der Waals surface area contributed by atoms with Gasteiger partial charge in [-0.2, -0.15) is 4.98 Å². The Balaban J connectivity index is 2.66. The lowest BCUT2D eigenvalue weighted by Crippen LogP contribution is -2.54. The van der Waals surface area contributed by atoms with Crippen LogP contribution >= 0.6 is 0 Å². The third kappa shape index (κ3) is 3.53. The first kappa shape index (κ1) is 15.6. The van der Waals surface area contributed by atoms with Gasteiger partial charge in [0.15, 0.2) is 5.82 Å². The van der Waals surface area contributed by atoms with Crippen LogP contribution < -0.4 is 5.32 Å². The van der Waals surface area contributed by atoms with Gasteiger partial charge in [0.25, 0.3) is 0 Å². The van der Waals surface area contributed by atoms with E-state index in [-0.39, 0.29) is 0 Å². The predicted octanol–water partition coefficient (Wildman–Crippen LogP) is 2.00. The number of nitrogens with zero attached hydrogens (tertiary/aromatic N) is 2. The van der Waals surface area contributed by atoms with Crippen molar-refractivity contribution in [2.75, 3.05) is 0 Å². The Hall–Kier alpha value is -1.43. The number of aryl methyl sites for hydroxylation is 1.